The Morgan fingerprint density at radius 3 is 2.00 bits per heavy atom. The van der Waals surface area contributed by atoms with Crippen LogP contribution >= 0.6 is 0 Å². The molecule has 0 saturated heterocycles. The highest BCUT2D eigenvalue weighted by Gasteiger charge is 2.27. The number of benzene rings is 3. The number of aryl methyl sites for hydroxylation is 1. The van der Waals surface area contributed by atoms with Gasteiger partial charge in [-0.1, -0.05) is 17.7 Å². The quantitative estimate of drug-likeness (QED) is 0.380. The molecule has 0 unspecified atom stereocenters. The normalized spacial score (nSPS) is 10.9. The van der Waals surface area contributed by atoms with Crippen LogP contribution in [0, 0.1) is 6.92 Å². The van der Waals surface area contributed by atoms with Crippen LogP contribution in [0.1, 0.15) is 18.1 Å². The van der Waals surface area contributed by atoms with Gasteiger partial charge in [0.1, 0.15) is 12.3 Å². The van der Waals surface area contributed by atoms with Crippen LogP contribution in [-0.2, 0) is 21.4 Å². The van der Waals surface area contributed by atoms with Crippen LogP contribution in [0.15, 0.2) is 65.6 Å². The van der Waals surface area contributed by atoms with Crippen molar-refractivity contribution in [1.82, 2.24) is 5.32 Å². The number of sulfonamides is 1. The molecule has 37 heavy (non-hydrogen) atoms. The lowest BCUT2D eigenvalue weighted by Crippen LogP contribution is -2.40. The molecule has 198 valence electrons. The van der Waals surface area contributed by atoms with Gasteiger partial charge >= 0.3 is 0 Å². The van der Waals surface area contributed by atoms with E-state index in [-0.39, 0.29) is 11.4 Å². The predicted octanol–water partition coefficient (Wildman–Crippen LogP) is 3.93. The zero-order valence-corrected chi connectivity index (χ0v) is 22.4. The number of carbonyl (C=O) groups excluding carboxylic acids is 1. The first-order valence-corrected chi connectivity index (χ1v) is 13.0. The Hall–Kier alpha value is -3.92. The van der Waals surface area contributed by atoms with Crippen LogP contribution in [0.5, 0.6) is 23.0 Å². The van der Waals surface area contributed by atoms with Crippen molar-refractivity contribution >= 4 is 21.6 Å². The van der Waals surface area contributed by atoms with Crippen LogP contribution in [0.4, 0.5) is 5.69 Å². The summed E-state index contributed by atoms with van der Waals surface area (Å²) in [5.74, 6) is 1.45. The minimum atomic E-state index is -4.03. The first-order valence-electron chi connectivity index (χ1n) is 11.6. The second-order valence-corrected chi connectivity index (χ2v) is 9.92. The lowest BCUT2D eigenvalue weighted by Gasteiger charge is -2.24. The molecule has 3 aromatic carbocycles. The molecule has 0 radical (unpaired) electrons. The van der Waals surface area contributed by atoms with Crippen LogP contribution < -0.4 is 28.6 Å². The number of carbonyl (C=O) groups is 1. The summed E-state index contributed by atoms with van der Waals surface area (Å²) in [5, 5.41) is 2.78. The number of ether oxygens (including phenoxy) is 4. The van der Waals surface area contributed by atoms with Gasteiger partial charge in [-0.05, 0) is 67.9 Å². The standard InChI is InChI=1S/C27H32N2O7S/c1-6-36-22-11-9-21(10-12-22)29(37(31,32)23-13-7-19(2)8-14-23)18-26(30)28-17-20-15-24(33-3)27(35-5)25(16-20)34-4/h7-16H,6,17-18H2,1-5H3,(H,28,30). The molecule has 0 atom stereocenters. The Balaban J connectivity index is 1.86. The molecule has 0 fully saturated rings. The molecular weight excluding hydrogens is 496 g/mol. The van der Waals surface area contributed by atoms with Gasteiger partial charge in [0.25, 0.3) is 10.0 Å². The molecule has 0 aliphatic rings. The average molecular weight is 529 g/mol. The third-order valence-corrected chi connectivity index (χ3v) is 7.33. The summed E-state index contributed by atoms with van der Waals surface area (Å²) in [6.45, 7) is 3.91. The van der Waals surface area contributed by atoms with Gasteiger partial charge in [-0.2, -0.15) is 0 Å². The van der Waals surface area contributed by atoms with E-state index in [9.17, 15) is 13.2 Å². The topological polar surface area (TPSA) is 103 Å². The lowest BCUT2D eigenvalue weighted by atomic mass is 10.1. The van der Waals surface area contributed by atoms with Gasteiger partial charge in [0.05, 0.1) is 38.5 Å². The third-order valence-electron chi connectivity index (χ3n) is 5.55. The summed E-state index contributed by atoms with van der Waals surface area (Å²) in [6, 6.07) is 16.5. The number of methoxy groups -OCH3 is 3. The first kappa shape index (κ1) is 27.7. The maximum absolute atomic E-state index is 13.6. The highest BCUT2D eigenvalue weighted by atomic mass is 32.2. The van der Waals surface area contributed by atoms with Crippen molar-refractivity contribution in [3.8, 4) is 23.0 Å². The van der Waals surface area contributed by atoms with Crippen LogP contribution in [0.25, 0.3) is 0 Å². The van der Waals surface area contributed by atoms with Crippen molar-refractivity contribution in [3.63, 3.8) is 0 Å². The fourth-order valence-electron chi connectivity index (χ4n) is 3.65. The van der Waals surface area contributed by atoms with E-state index in [0.29, 0.717) is 40.9 Å². The summed E-state index contributed by atoms with van der Waals surface area (Å²) < 4.78 is 49.7. The summed E-state index contributed by atoms with van der Waals surface area (Å²) in [6.07, 6.45) is 0. The van der Waals surface area contributed by atoms with Crippen molar-refractivity contribution in [2.75, 3.05) is 38.8 Å². The second-order valence-electron chi connectivity index (χ2n) is 8.06. The molecule has 0 heterocycles. The SMILES string of the molecule is CCOc1ccc(N(CC(=O)NCc2cc(OC)c(OC)c(OC)c2)S(=O)(=O)c2ccc(C)cc2)cc1. The molecule has 3 rings (SSSR count). The number of hydrogen-bond donors (Lipinski definition) is 1. The maximum atomic E-state index is 13.6. The Labute approximate surface area is 218 Å². The van der Waals surface area contributed by atoms with Crippen LogP contribution in [0.2, 0.25) is 0 Å². The molecule has 10 heteroatoms. The number of hydrogen-bond acceptors (Lipinski definition) is 7. The summed E-state index contributed by atoms with van der Waals surface area (Å²) in [7, 11) is 0.485. The molecule has 0 aliphatic heterocycles. The van der Waals surface area contributed by atoms with E-state index in [2.05, 4.69) is 5.32 Å². The first-order chi connectivity index (χ1) is 17.7. The fraction of sp³-hybridized carbons (Fsp3) is 0.296. The minimum Gasteiger partial charge on any atom is -0.494 e. The summed E-state index contributed by atoms with van der Waals surface area (Å²) >= 11 is 0. The fourth-order valence-corrected chi connectivity index (χ4v) is 5.07. The second kappa shape index (κ2) is 12.4. The van der Waals surface area contributed by atoms with Crippen molar-refractivity contribution in [2.24, 2.45) is 0 Å². The molecule has 0 bridgehead atoms. The molecule has 1 N–H and O–H groups in total. The minimum absolute atomic E-state index is 0.0874. The Morgan fingerprint density at radius 1 is 0.892 bits per heavy atom. The van der Waals surface area contributed by atoms with Crippen LogP contribution in [-0.4, -0.2) is 48.8 Å². The van der Waals surface area contributed by atoms with Gasteiger partial charge in [-0.15, -0.1) is 0 Å². The summed E-state index contributed by atoms with van der Waals surface area (Å²) in [5.41, 5.74) is 1.96. The number of anilines is 1. The molecule has 9 nitrogen and oxygen atoms in total. The van der Waals surface area contributed by atoms with E-state index in [1.165, 1.54) is 33.5 Å². The third kappa shape index (κ3) is 6.65. The van der Waals surface area contributed by atoms with E-state index >= 15 is 0 Å². The van der Waals surface area contributed by atoms with Crippen LogP contribution in [0.3, 0.4) is 0 Å². The van der Waals surface area contributed by atoms with Crippen molar-refractivity contribution in [1.29, 1.82) is 0 Å². The van der Waals surface area contributed by atoms with Gasteiger partial charge in [0.15, 0.2) is 11.5 Å². The molecule has 3 aromatic rings. The zero-order chi connectivity index (χ0) is 27.0. The average Bonchev–Trinajstić information content (AvgIpc) is 2.90. The number of amides is 1. The van der Waals surface area contributed by atoms with Crippen molar-refractivity contribution in [3.05, 3.63) is 71.8 Å². The molecule has 0 spiro atoms. The summed E-state index contributed by atoms with van der Waals surface area (Å²) in [4.78, 5) is 13.1. The Morgan fingerprint density at radius 2 is 1.49 bits per heavy atom. The molecular formula is C27H32N2O7S. The lowest BCUT2D eigenvalue weighted by molar-refractivity contribution is -0.119. The predicted molar refractivity (Wildman–Crippen MR) is 141 cm³/mol. The van der Waals surface area contributed by atoms with Gasteiger partial charge in [-0.25, -0.2) is 8.42 Å². The van der Waals surface area contributed by atoms with Crippen molar-refractivity contribution < 1.29 is 32.2 Å². The van der Waals surface area contributed by atoms with Gasteiger partial charge < -0.3 is 24.3 Å². The van der Waals surface area contributed by atoms with E-state index in [1.807, 2.05) is 13.8 Å². The smallest absolute Gasteiger partial charge is 0.264 e. The number of rotatable bonds is 12. The number of nitrogens with zero attached hydrogens (tertiary/aromatic N) is 1. The molecule has 0 aliphatic carbocycles. The monoisotopic (exact) mass is 528 g/mol. The molecule has 1 amide bonds. The zero-order valence-electron chi connectivity index (χ0n) is 21.6. The van der Waals surface area contributed by atoms with E-state index in [4.69, 9.17) is 18.9 Å². The van der Waals surface area contributed by atoms with E-state index < -0.39 is 22.5 Å². The highest BCUT2D eigenvalue weighted by Crippen LogP contribution is 2.38. The largest absolute Gasteiger partial charge is 0.494 e. The van der Waals surface area contributed by atoms with E-state index in [0.717, 1.165) is 9.87 Å². The van der Waals surface area contributed by atoms with Gasteiger partial charge in [0, 0.05) is 6.54 Å². The molecule has 0 saturated carbocycles. The Kier molecular flexibility index (Phi) is 9.24. The Bertz CT molecular complexity index is 1280. The van der Waals surface area contributed by atoms with Gasteiger partial charge in [0.2, 0.25) is 11.7 Å². The highest BCUT2D eigenvalue weighted by molar-refractivity contribution is 7.92. The maximum Gasteiger partial charge on any atom is 0.264 e. The molecule has 0 aromatic heterocycles. The van der Waals surface area contributed by atoms with E-state index in [1.54, 1.807) is 48.5 Å². The number of nitrogens with one attached hydrogen (secondary N) is 1. The van der Waals surface area contributed by atoms with Crippen molar-refractivity contribution in [2.45, 2.75) is 25.3 Å². The van der Waals surface area contributed by atoms with Gasteiger partial charge in [-0.3, -0.25) is 9.10 Å².